The Labute approximate surface area is 145 Å². The molecule has 8 heteroatoms. The van der Waals surface area contributed by atoms with Crippen molar-refractivity contribution in [1.29, 1.82) is 0 Å². The largest absolute Gasteiger partial charge is 0.465 e. The van der Waals surface area contributed by atoms with Crippen LogP contribution in [0.4, 0.5) is 14.2 Å². The first-order valence-corrected chi connectivity index (χ1v) is 9.06. The molecule has 2 aromatic heterocycles. The fraction of sp³-hybridized carbons (Fsp3) is 0.250. The van der Waals surface area contributed by atoms with Gasteiger partial charge in [0.05, 0.1) is 21.3 Å². The molecule has 0 saturated carbocycles. The molecular formula is C16H14FN3O2S2. The number of carbonyl (C=O) groups is 1. The third kappa shape index (κ3) is 2.25. The highest BCUT2D eigenvalue weighted by atomic mass is 32.1. The average molecular weight is 363 g/mol. The van der Waals surface area contributed by atoms with Crippen LogP contribution in [0.1, 0.15) is 23.4 Å². The molecule has 24 heavy (non-hydrogen) atoms. The monoisotopic (exact) mass is 363 g/mol. The number of nitrogen functional groups attached to an aromatic ring is 1. The van der Waals surface area contributed by atoms with Crippen LogP contribution in [0.25, 0.3) is 20.8 Å². The molecule has 0 fully saturated rings. The minimum absolute atomic E-state index is 0.223. The molecule has 5 nitrogen and oxygen atoms in total. The van der Waals surface area contributed by atoms with E-state index in [1.54, 1.807) is 6.07 Å². The van der Waals surface area contributed by atoms with Crippen LogP contribution < -0.4 is 5.73 Å². The van der Waals surface area contributed by atoms with Gasteiger partial charge in [-0.05, 0) is 31.0 Å². The molecule has 0 saturated heterocycles. The number of hydrogen-bond acceptors (Lipinski definition) is 5. The van der Waals surface area contributed by atoms with E-state index in [0.717, 1.165) is 25.7 Å². The van der Waals surface area contributed by atoms with E-state index in [0.29, 0.717) is 23.5 Å². The van der Waals surface area contributed by atoms with Gasteiger partial charge in [0.15, 0.2) is 0 Å². The summed E-state index contributed by atoms with van der Waals surface area (Å²) in [4.78, 5) is 18.3. The third-order valence-corrected chi connectivity index (χ3v) is 6.61. The number of thiazole rings is 1. The molecule has 4 rings (SSSR count). The van der Waals surface area contributed by atoms with E-state index < -0.39 is 6.09 Å². The van der Waals surface area contributed by atoms with E-state index in [1.807, 2.05) is 6.92 Å². The van der Waals surface area contributed by atoms with Gasteiger partial charge in [-0.25, -0.2) is 14.2 Å². The van der Waals surface area contributed by atoms with Crippen molar-refractivity contribution in [2.24, 2.45) is 0 Å². The Kier molecular flexibility index (Phi) is 3.47. The number of thiophene rings is 1. The SMILES string of the molecule is CC1c2sc(N)c(-c3nc4cc(F)ccc4s3)c2CCN1C(=O)O. The van der Waals surface area contributed by atoms with Gasteiger partial charge in [-0.15, -0.1) is 22.7 Å². The minimum atomic E-state index is -0.919. The predicted octanol–water partition coefficient (Wildman–Crippen LogP) is 4.34. The molecule has 0 radical (unpaired) electrons. The second kappa shape index (κ2) is 5.42. The highest BCUT2D eigenvalue weighted by Crippen LogP contribution is 2.47. The summed E-state index contributed by atoms with van der Waals surface area (Å²) in [5.41, 5.74) is 8.80. The minimum Gasteiger partial charge on any atom is -0.465 e. The first-order chi connectivity index (χ1) is 11.5. The highest BCUT2D eigenvalue weighted by molar-refractivity contribution is 7.22. The Morgan fingerprint density at radius 1 is 1.46 bits per heavy atom. The van der Waals surface area contributed by atoms with Crippen LogP contribution >= 0.6 is 22.7 Å². The van der Waals surface area contributed by atoms with Crippen molar-refractivity contribution in [2.45, 2.75) is 19.4 Å². The molecule has 1 aliphatic rings. The van der Waals surface area contributed by atoms with E-state index in [4.69, 9.17) is 5.73 Å². The van der Waals surface area contributed by atoms with Crippen molar-refractivity contribution < 1.29 is 14.3 Å². The van der Waals surface area contributed by atoms with E-state index in [1.165, 1.54) is 39.7 Å². The number of amides is 1. The molecule has 0 spiro atoms. The predicted molar refractivity (Wildman–Crippen MR) is 94.2 cm³/mol. The fourth-order valence-electron chi connectivity index (χ4n) is 3.16. The summed E-state index contributed by atoms with van der Waals surface area (Å²) in [6, 6.07) is 4.33. The number of halogens is 1. The summed E-state index contributed by atoms with van der Waals surface area (Å²) in [6.07, 6.45) is -0.309. The number of fused-ring (bicyclic) bond motifs is 2. The number of aromatic nitrogens is 1. The molecule has 0 aliphatic carbocycles. The van der Waals surface area contributed by atoms with Gasteiger partial charge in [-0.1, -0.05) is 0 Å². The summed E-state index contributed by atoms with van der Waals surface area (Å²) in [5.74, 6) is -0.314. The van der Waals surface area contributed by atoms with Gasteiger partial charge in [-0.3, -0.25) is 0 Å². The number of rotatable bonds is 1. The zero-order valence-corrected chi connectivity index (χ0v) is 14.4. The zero-order chi connectivity index (χ0) is 17.0. The molecule has 3 aromatic rings. The maximum atomic E-state index is 13.4. The number of anilines is 1. The second-order valence-corrected chi connectivity index (χ2v) is 7.83. The molecule has 3 N–H and O–H groups in total. The zero-order valence-electron chi connectivity index (χ0n) is 12.7. The van der Waals surface area contributed by atoms with Crippen LogP contribution in [0.15, 0.2) is 18.2 Å². The number of hydrogen-bond donors (Lipinski definition) is 2. The Bertz CT molecular complexity index is 966. The molecule has 1 aliphatic heterocycles. The third-order valence-electron chi connectivity index (χ3n) is 4.32. The Morgan fingerprint density at radius 2 is 2.25 bits per heavy atom. The van der Waals surface area contributed by atoms with Crippen LogP contribution in [0, 0.1) is 5.82 Å². The van der Waals surface area contributed by atoms with Crippen molar-refractivity contribution in [3.8, 4) is 10.6 Å². The van der Waals surface area contributed by atoms with Gasteiger partial charge in [0.25, 0.3) is 0 Å². The molecule has 1 aromatic carbocycles. The van der Waals surface area contributed by atoms with E-state index in [2.05, 4.69) is 4.98 Å². The lowest BCUT2D eigenvalue weighted by Gasteiger charge is -2.31. The second-order valence-electron chi connectivity index (χ2n) is 5.72. The number of benzene rings is 1. The topological polar surface area (TPSA) is 79.5 Å². The maximum Gasteiger partial charge on any atom is 0.407 e. The lowest BCUT2D eigenvalue weighted by atomic mass is 9.99. The summed E-state index contributed by atoms with van der Waals surface area (Å²) < 4.78 is 14.3. The molecule has 124 valence electrons. The van der Waals surface area contributed by atoms with Gasteiger partial charge >= 0.3 is 6.09 Å². The molecule has 0 bridgehead atoms. The van der Waals surface area contributed by atoms with Crippen molar-refractivity contribution in [2.75, 3.05) is 12.3 Å². The number of nitrogens with zero attached hydrogens (tertiary/aromatic N) is 2. The molecule has 3 heterocycles. The molecule has 1 amide bonds. The lowest BCUT2D eigenvalue weighted by molar-refractivity contribution is 0.125. The molecule has 1 atom stereocenters. The standard InChI is InChI=1S/C16H14FN3O2S2/c1-7-13-9(4-5-20(7)16(21)22)12(14(18)24-13)15-19-10-6-8(17)2-3-11(10)23-15/h2-3,6-7H,4-5,18H2,1H3,(H,21,22). The molecular weight excluding hydrogens is 349 g/mol. The maximum absolute atomic E-state index is 13.4. The molecule has 1 unspecified atom stereocenters. The Morgan fingerprint density at radius 3 is 3.00 bits per heavy atom. The van der Waals surface area contributed by atoms with Crippen LogP contribution in [-0.2, 0) is 6.42 Å². The van der Waals surface area contributed by atoms with Crippen molar-refractivity contribution in [1.82, 2.24) is 9.88 Å². The Balaban J connectivity index is 1.85. The number of nitrogens with two attached hydrogens (primary N) is 1. The first-order valence-electron chi connectivity index (χ1n) is 7.42. The van der Waals surface area contributed by atoms with Crippen molar-refractivity contribution in [3.63, 3.8) is 0 Å². The summed E-state index contributed by atoms with van der Waals surface area (Å²) in [6.45, 7) is 2.31. The fourth-order valence-corrected chi connectivity index (χ4v) is 5.44. The van der Waals surface area contributed by atoms with Gasteiger partial charge in [0.1, 0.15) is 10.8 Å². The first kappa shape index (κ1) is 15.3. The smallest absolute Gasteiger partial charge is 0.407 e. The number of carboxylic acid groups (broad SMARTS) is 1. The normalized spacial score (nSPS) is 17.2. The Hall–Kier alpha value is -2.19. The van der Waals surface area contributed by atoms with E-state index in [9.17, 15) is 14.3 Å². The van der Waals surface area contributed by atoms with E-state index >= 15 is 0 Å². The highest BCUT2D eigenvalue weighted by Gasteiger charge is 2.33. The van der Waals surface area contributed by atoms with Crippen LogP contribution in [0.5, 0.6) is 0 Å². The quantitative estimate of drug-likeness (QED) is 0.674. The van der Waals surface area contributed by atoms with Crippen LogP contribution in [-0.4, -0.2) is 27.6 Å². The van der Waals surface area contributed by atoms with Crippen molar-refractivity contribution in [3.05, 3.63) is 34.5 Å². The van der Waals surface area contributed by atoms with E-state index in [-0.39, 0.29) is 11.9 Å². The lowest BCUT2D eigenvalue weighted by Crippen LogP contribution is -2.37. The van der Waals surface area contributed by atoms with Gasteiger partial charge in [0, 0.05) is 23.1 Å². The average Bonchev–Trinajstić information content (AvgIpc) is 3.07. The summed E-state index contributed by atoms with van der Waals surface area (Å²) >= 11 is 2.90. The summed E-state index contributed by atoms with van der Waals surface area (Å²) in [5, 5.41) is 10.7. The van der Waals surface area contributed by atoms with Crippen molar-refractivity contribution >= 4 is 44.0 Å². The van der Waals surface area contributed by atoms with Gasteiger partial charge in [0.2, 0.25) is 0 Å². The summed E-state index contributed by atoms with van der Waals surface area (Å²) in [7, 11) is 0. The van der Waals surface area contributed by atoms with Crippen LogP contribution in [0.3, 0.4) is 0 Å². The van der Waals surface area contributed by atoms with Gasteiger partial charge in [-0.2, -0.15) is 0 Å². The van der Waals surface area contributed by atoms with Gasteiger partial charge < -0.3 is 15.7 Å². The van der Waals surface area contributed by atoms with Crippen LogP contribution in [0.2, 0.25) is 0 Å².